The van der Waals surface area contributed by atoms with E-state index < -0.39 is 11.9 Å². The minimum atomic E-state index is -1.11. The fraction of sp³-hybridized carbons (Fsp3) is 0.0455. The van der Waals surface area contributed by atoms with Crippen LogP contribution in [0, 0.1) is 0 Å². The Morgan fingerprint density at radius 1 is 1.07 bits per heavy atom. The molecular formula is C22H17N3O5. The molecule has 0 radical (unpaired) electrons. The van der Waals surface area contributed by atoms with Crippen LogP contribution in [0.2, 0.25) is 0 Å². The van der Waals surface area contributed by atoms with E-state index in [0.29, 0.717) is 17.9 Å². The summed E-state index contributed by atoms with van der Waals surface area (Å²) < 4.78 is 7.27. The number of hydrazone groups is 1. The molecule has 0 bridgehead atoms. The predicted octanol–water partition coefficient (Wildman–Crippen LogP) is 3.45. The molecule has 0 atom stereocenters. The van der Waals surface area contributed by atoms with Gasteiger partial charge in [-0.3, -0.25) is 4.79 Å². The highest BCUT2D eigenvalue weighted by Crippen LogP contribution is 2.22. The second kappa shape index (κ2) is 7.96. The minimum absolute atomic E-state index is 0.0786. The molecule has 150 valence electrons. The predicted molar refractivity (Wildman–Crippen MR) is 110 cm³/mol. The number of aromatic carboxylic acids is 1. The van der Waals surface area contributed by atoms with Gasteiger partial charge in [-0.15, -0.1) is 0 Å². The van der Waals surface area contributed by atoms with Crippen molar-refractivity contribution in [3.63, 3.8) is 0 Å². The molecule has 4 aromatic rings. The number of carbonyl (C=O) groups excluding carboxylic acids is 1. The lowest BCUT2D eigenvalue weighted by atomic mass is 10.2. The van der Waals surface area contributed by atoms with Crippen LogP contribution in [0.3, 0.4) is 0 Å². The number of hydrogen-bond donors (Lipinski definition) is 3. The molecule has 0 saturated heterocycles. The summed E-state index contributed by atoms with van der Waals surface area (Å²) in [5.41, 5.74) is 4.53. The van der Waals surface area contributed by atoms with Crippen molar-refractivity contribution in [2.24, 2.45) is 5.10 Å². The van der Waals surface area contributed by atoms with Gasteiger partial charge in [0.15, 0.2) is 0 Å². The lowest BCUT2D eigenvalue weighted by Crippen LogP contribution is -2.17. The molecule has 2 aromatic heterocycles. The van der Waals surface area contributed by atoms with Crippen molar-refractivity contribution in [1.82, 2.24) is 9.99 Å². The molecule has 0 saturated carbocycles. The third-order valence-corrected chi connectivity index (χ3v) is 4.52. The summed E-state index contributed by atoms with van der Waals surface area (Å²) in [6.07, 6.45) is 3.39. The number of benzene rings is 2. The topological polar surface area (TPSA) is 117 Å². The first-order valence-corrected chi connectivity index (χ1v) is 9.03. The summed E-state index contributed by atoms with van der Waals surface area (Å²) in [5, 5.41) is 23.3. The number of aromatic hydroxyl groups is 1. The second-order valence-electron chi connectivity index (χ2n) is 6.55. The zero-order valence-corrected chi connectivity index (χ0v) is 15.6. The Bertz CT molecular complexity index is 1250. The van der Waals surface area contributed by atoms with Gasteiger partial charge >= 0.3 is 5.97 Å². The lowest BCUT2D eigenvalue weighted by molar-refractivity contribution is 0.0660. The summed E-state index contributed by atoms with van der Waals surface area (Å²) in [5.74, 6) is -1.03. The maximum atomic E-state index is 12.1. The third-order valence-electron chi connectivity index (χ3n) is 4.52. The van der Waals surface area contributed by atoms with Gasteiger partial charge in [-0.2, -0.15) is 5.10 Å². The maximum Gasteiger partial charge on any atom is 0.371 e. The molecule has 8 nitrogen and oxygen atoms in total. The summed E-state index contributed by atoms with van der Waals surface area (Å²) in [7, 11) is 0. The van der Waals surface area contributed by atoms with Crippen molar-refractivity contribution in [1.29, 1.82) is 0 Å². The smallest absolute Gasteiger partial charge is 0.371 e. The fourth-order valence-corrected chi connectivity index (χ4v) is 3.09. The number of phenolic OH excluding ortho intramolecular Hbond substituents is 1. The van der Waals surface area contributed by atoms with Gasteiger partial charge in [-0.05, 0) is 42.5 Å². The Hall–Kier alpha value is -4.33. The first-order valence-electron chi connectivity index (χ1n) is 9.03. The molecule has 0 aliphatic rings. The van der Waals surface area contributed by atoms with Crippen LogP contribution in [0.25, 0.3) is 10.9 Å². The Labute approximate surface area is 170 Å². The fourth-order valence-electron chi connectivity index (χ4n) is 3.09. The van der Waals surface area contributed by atoms with Crippen molar-refractivity contribution in [3.8, 4) is 5.75 Å². The first kappa shape index (κ1) is 19.0. The summed E-state index contributed by atoms with van der Waals surface area (Å²) >= 11 is 0. The Morgan fingerprint density at radius 3 is 2.57 bits per heavy atom. The summed E-state index contributed by atoms with van der Waals surface area (Å²) in [6, 6.07) is 16.6. The quantitative estimate of drug-likeness (QED) is 0.337. The number of rotatable bonds is 6. The average molecular weight is 403 g/mol. The molecule has 0 unspecified atom stereocenters. The van der Waals surface area contributed by atoms with E-state index in [-0.39, 0.29) is 11.5 Å². The number of nitrogens with one attached hydrogen (secondary N) is 1. The van der Waals surface area contributed by atoms with Gasteiger partial charge in [-0.25, -0.2) is 10.2 Å². The van der Waals surface area contributed by atoms with Crippen LogP contribution in [-0.2, 0) is 6.54 Å². The minimum Gasteiger partial charge on any atom is -0.508 e. The van der Waals surface area contributed by atoms with E-state index in [4.69, 9.17) is 9.52 Å². The number of hydrogen-bond acceptors (Lipinski definition) is 5. The largest absolute Gasteiger partial charge is 0.508 e. The molecule has 3 N–H and O–H groups in total. The first-order chi connectivity index (χ1) is 14.5. The van der Waals surface area contributed by atoms with Gasteiger partial charge < -0.3 is 19.2 Å². The summed E-state index contributed by atoms with van der Waals surface area (Å²) in [4.78, 5) is 23.2. The molecule has 0 aliphatic heterocycles. The molecule has 30 heavy (non-hydrogen) atoms. The number of carbonyl (C=O) groups is 2. The monoisotopic (exact) mass is 403 g/mol. The van der Waals surface area contributed by atoms with Crippen LogP contribution in [0.15, 0.2) is 76.4 Å². The molecule has 1 amide bonds. The van der Waals surface area contributed by atoms with Crippen LogP contribution in [0.1, 0.15) is 32.2 Å². The van der Waals surface area contributed by atoms with E-state index >= 15 is 0 Å². The van der Waals surface area contributed by atoms with Crippen molar-refractivity contribution in [2.75, 3.05) is 0 Å². The van der Waals surface area contributed by atoms with Gasteiger partial charge in [0.05, 0.1) is 12.8 Å². The Morgan fingerprint density at radius 2 is 1.83 bits per heavy atom. The highest BCUT2D eigenvalue weighted by molar-refractivity contribution is 6.00. The maximum absolute atomic E-state index is 12.1. The SMILES string of the molecule is O=C(N/N=C\c1cn(Cc2ccc(C(=O)O)o2)c2ccccc12)c1ccc(O)cc1. The van der Waals surface area contributed by atoms with Gasteiger partial charge in [0.2, 0.25) is 5.76 Å². The van der Waals surface area contributed by atoms with Crippen LogP contribution >= 0.6 is 0 Å². The van der Waals surface area contributed by atoms with Crippen molar-refractivity contribution >= 4 is 29.0 Å². The van der Waals surface area contributed by atoms with E-state index in [1.165, 1.54) is 30.3 Å². The normalized spacial score (nSPS) is 11.2. The number of fused-ring (bicyclic) bond motifs is 1. The molecule has 0 fully saturated rings. The van der Waals surface area contributed by atoms with Gasteiger partial charge in [-0.1, -0.05) is 18.2 Å². The van der Waals surface area contributed by atoms with Crippen LogP contribution in [0.4, 0.5) is 0 Å². The van der Waals surface area contributed by atoms with Crippen molar-refractivity contribution < 1.29 is 24.2 Å². The van der Waals surface area contributed by atoms with E-state index in [0.717, 1.165) is 16.5 Å². The van der Waals surface area contributed by atoms with Crippen LogP contribution < -0.4 is 5.43 Å². The van der Waals surface area contributed by atoms with Crippen LogP contribution in [0.5, 0.6) is 5.75 Å². The second-order valence-corrected chi connectivity index (χ2v) is 6.55. The van der Waals surface area contributed by atoms with Crippen molar-refractivity contribution in [3.05, 3.63) is 89.5 Å². The Kier molecular flexibility index (Phi) is 5.04. The third kappa shape index (κ3) is 3.93. The summed E-state index contributed by atoms with van der Waals surface area (Å²) in [6.45, 7) is 0.349. The number of nitrogens with zero attached hydrogens (tertiary/aromatic N) is 2. The van der Waals surface area contributed by atoms with E-state index in [1.807, 2.05) is 35.0 Å². The number of carboxylic acid groups (broad SMARTS) is 1. The molecule has 2 heterocycles. The van der Waals surface area contributed by atoms with E-state index in [1.54, 1.807) is 12.3 Å². The highest BCUT2D eigenvalue weighted by atomic mass is 16.4. The highest BCUT2D eigenvalue weighted by Gasteiger charge is 2.12. The van der Waals surface area contributed by atoms with Gasteiger partial charge in [0.25, 0.3) is 5.91 Å². The zero-order chi connectivity index (χ0) is 21.1. The molecule has 4 rings (SSSR count). The lowest BCUT2D eigenvalue weighted by Gasteiger charge is -2.02. The number of furan rings is 1. The van der Waals surface area contributed by atoms with Gasteiger partial charge in [0, 0.05) is 28.2 Å². The molecule has 2 aromatic carbocycles. The molecule has 8 heteroatoms. The molecular weight excluding hydrogens is 386 g/mol. The van der Waals surface area contributed by atoms with Crippen LogP contribution in [-0.4, -0.2) is 32.9 Å². The van der Waals surface area contributed by atoms with Gasteiger partial charge in [0.1, 0.15) is 11.5 Å². The standard InChI is InChI=1S/C22H17N3O5/c26-16-7-5-14(6-8-16)21(27)24-23-11-15-12-25(19-4-2-1-3-18(15)19)13-17-9-10-20(30-17)22(28)29/h1-12,26H,13H2,(H,24,27)(H,28,29)/b23-11-. The average Bonchev–Trinajstić information content (AvgIpc) is 3.34. The van der Waals surface area contributed by atoms with E-state index in [2.05, 4.69) is 10.5 Å². The number of phenols is 1. The number of aromatic nitrogens is 1. The number of amides is 1. The molecule has 0 aliphatic carbocycles. The Balaban J connectivity index is 1.55. The van der Waals surface area contributed by atoms with Crippen molar-refractivity contribution in [2.45, 2.75) is 6.54 Å². The number of para-hydroxylation sites is 1. The number of carboxylic acids is 1. The molecule has 0 spiro atoms. The zero-order valence-electron chi connectivity index (χ0n) is 15.6. The van der Waals surface area contributed by atoms with E-state index in [9.17, 15) is 14.7 Å².